The van der Waals surface area contributed by atoms with Crippen LogP contribution in [0.15, 0.2) is 18.5 Å². The van der Waals surface area contributed by atoms with Crippen LogP contribution in [0.2, 0.25) is 0 Å². The fraction of sp³-hybridized carbons (Fsp3) is 0.167. The highest BCUT2D eigenvalue weighted by molar-refractivity contribution is 7.80. The second-order valence-electron chi connectivity index (χ2n) is 2.12. The summed E-state index contributed by atoms with van der Waals surface area (Å²) in [7, 11) is 0. The first-order valence-corrected chi connectivity index (χ1v) is 3.41. The Morgan fingerprint density at radius 2 is 2.60 bits per heavy atom. The molecule has 1 aromatic heterocycles. The molecule has 0 spiro atoms. The molecule has 50 valence electrons. The van der Waals surface area contributed by atoms with E-state index in [1.54, 1.807) is 6.20 Å². The third-order valence-corrected chi connectivity index (χ3v) is 1.62. The molecule has 0 atom stereocenters. The summed E-state index contributed by atoms with van der Waals surface area (Å²) < 4.78 is 1.97. The van der Waals surface area contributed by atoms with E-state index in [1.165, 1.54) is 0 Å². The Labute approximate surface area is 63.7 Å². The Balaban J connectivity index is 2.51. The highest BCUT2D eigenvalue weighted by atomic mass is 32.1. The third kappa shape index (κ3) is 0.769. The first-order valence-electron chi connectivity index (χ1n) is 3.00. The molecule has 0 aliphatic carbocycles. The number of nitrogens with one attached hydrogen (secondary N) is 1. The number of rotatable bonds is 0. The lowest BCUT2D eigenvalue weighted by Crippen LogP contribution is -2.31. The number of anilines is 1. The topological polar surface area (TPSA) is 28.8 Å². The Bertz CT molecular complexity index is 257. The molecule has 0 saturated carbocycles. The highest BCUT2D eigenvalue weighted by Crippen LogP contribution is 1.99. The maximum atomic E-state index is 4.95. The van der Waals surface area contributed by atoms with Crippen molar-refractivity contribution < 1.29 is 4.57 Å². The van der Waals surface area contributed by atoms with E-state index >= 15 is 0 Å². The van der Waals surface area contributed by atoms with Gasteiger partial charge in [0.05, 0.1) is 6.20 Å². The normalized spacial score (nSPS) is 14.6. The number of nitrogens with zero attached hydrogens (tertiary/aromatic N) is 2. The standard InChI is InChI=1S/C6H5N3S/c10-5-4-9-3-1-2-7-6(9)8-5/h1-3H,4H2/p+1. The molecule has 2 rings (SSSR count). The second kappa shape index (κ2) is 1.98. The summed E-state index contributed by atoms with van der Waals surface area (Å²) in [5, 5.41) is 2.98. The highest BCUT2D eigenvalue weighted by Gasteiger charge is 2.21. The number of fused-ring (bicyclic) bond motifs is 1. The van der Waals surface area contributed by atoms with Crippen LogP contribution in [0.3, 0.4) is 0 Å². The Morgan fingerprint density at radius 3 is 3.40 bits per heavy atom. The lowest BCUT2D eigenvalue weighted by atomic mass is 10.6. The van der Waals surface area contributed by atoms with E-state index in [-0.39, 0.29) is 0 Å². The van der Waals surface area contributed by atoms with Gasteiger partial charge in [-0.25, -0.2) is 9.88 Å². The lowest BCUT2D eigenvalue weighted by Gasteiger charge is -1.86. The number of hydrogen-bond acceptors (Lipinski definition) is 2. The average Bonchev–Trinajstić information content (AvgIpc) is 2.27. The summed E-state index contributed by atoms with van der Waals surface area (Å²) in [6, 6.07) is 1.89. The van der Waals surface area contributed by atoms with Crippen LogP contribution >= 0.6 is 12.2 Å². The van der Waals surface area contributed by atoms with Gasteiger partial charge in [0.25, 0.3) is 0 Å². The van der Waals surface area contributed by atoms with Crippen molar-refractivity contribution in [3.63, 3.8) is 0 Å². The van der Waals surface area contributed by atoms with E-state index in [4.69, 9.17) is 12.2 Å². The maximum Gasteiger partial charge on any atom is 0.397 e. The van der Waals surface area contributed by atoms with Crippen LogP contribution in [-0.4, -0.2) is 9.97 Å². The molecular formula is C6H6N3S+. The number of hydrogen-bond donors (Lipinski definition) is 1. The smallest absolute Gasteiger partial charge is 0.233 e. The summed E-state index contributed by atoms with van der Waals surface area (Å²) in [5.74, 6) is 0.840. The van der Waals surface area contributed by atoms with Crippen LogP contribution in [0.1, 0.15) is 0 Å². The SMILES string of the molecule is S=C1C[n+]2cccnc2N1. The molecule has 0 amide bonds. The van der Waals surface area contributed by atoms with E-state index in [0.717, 1.165) is 17.5 Å². The van der Waals surface area contributed by atoms with Crippen LogP contribution < -0.4 is 9.88 Å². The zero-order valence-corrected chi connectivity index (χ0v) is 6.06. The van der Waals surface area contributed by atoms with Crippen molar-refractivity contribution in [2.24, 2.45) is 0 Å². The van der Waals surface area contributed by atoms with Crippen molar-refractivity contribution in [2.75, 3.05) is 5.32 Å². The molecule has 0 radical (unpaired) electrons. The summed E-state index contributed by atoms with van der Waals surface area (Å²) in [6.45, 7) is 0.762. The first-order chi connectivity index (χ1) is 4.86. The zero-order chi connectivity index (χ0) is 6.97. The first kappa shape index (κ1) is 5.73. The van der Waals surface area contributed by atoms with Gasteiger partial charge >= 0.3 is 5.95 Å². The Morgan fingerprint density at radius 1 is 1.70 bits per heavy atom. The van der Waals surface area contributed by atoms with Crippen molar-refractivity contribution in [1.29, 1.82) is 0 Å². The van der Waals surface area contributed by atoms with Crippen LogP contribution in [0.25, 0.3) is 0 Å². The van der Waals surface area contributed by atoms with E-state index in [9.17, 15) is 0 Å². The Kier molecular flexibility index (Phi) is 1.14. The van der Waals surface area contributed by atoms with E-state index in [2.05, 4.69) is 10.3 Å². The van der Waals surface area contributed by atoms with Gasteiger partial charge in [-0.1, -0.05) is 4.98 Å². The van der Waals surface area contributed by atoms with Crippen molar-refractivity contribution in [3.8, 4) is 0 Å². The van der Waals surface area contributed by atoms with Gasteiger partial charge in [0, 0.05) is 6.07 Å². The molecule has 3 nitrogen and oxygen atoms in total. The van der Waals surface area contributed by atoms with Crippen molar-refractivity contribution in [1.82, 2.24) is 4.98 Å². The van der Waals surface area contributed by atoms with Crippen LogP contribution in [0.5, 0.6) is 0 Å². The molecule has 4 heteroatoms. The van der Waals surface area contributed by atoms with Gasteiger partial charge in [-0.2, -0.15) is 0 Å². The van der Waals surface area contributed by atoms with Gasteiger partial charge < -0.3 is 0 Å². The predicted octanol–water partition coefficient (Wildman–Crippen LogP) is 0.122. The minimum Gasteiger partial charge on any atom is -0.233 e. The van der Waals surface area contributed by atoms with Crippen molar-refractivity contribution >= 4 is 23.2 Å². The van der Waals surface area contributed by atoms with Crippen LogP contribution in [0, 0.1) is 0 Å². The molecule has 2 heterocycles. The fourth-order valence-corrected chi connectivity index (χ4v) is 1.18. The molecule has 1 aliphatic heterocycles. The summed E-state index contributed by atoms with van der Waals surface area (Å²) >= 11 is 4.95. The molecule has 1 aliphatic rings. The largest absolute Gasteiger partial charge is 0.397 e. The van der Waals surface area contributed by atoms with Gasteiger partial charge in [-0.05, 0) is 12.2 Å². The molecule has 1 aromatic rings. The van der Waals surface area contributed by atoms with Crippen LogP contribution in [-0.2, 0) is 6.54 Å². The summed E-state index contributed by atoms with van der Waals surface area (Å²) in [4.78, 5) is 4.91. The number of thiocarbonyl (C=S) groups is 1. The lowest BCUT2D eigenvalue weighted by molar-refractivity contribution is -0.664. The summed E-state index contributed by atoms with van der Waals surface area (Å²) in [6.07, 6.45) is 3.70. The molecular weight excluding hydrogens is 146 g/mol. The number of aromatic nitrogens is 2. The second-order valence-corrected chi connectivity index (χ2v) is 2.61. The van der Waals surface area contributed by atoms with Gasteiger partial charge in [0.2, 0.25) is 0 Å². The monoisotopic (exact) mass is 152 g/mol. The van der Waals surface area contributed by atoms with E-state index < -0.39 is 0 Å². The van der Waals surface area contributed by atoms with E-state index in [0.29, 0.717) is 0 Å². The molecule has 0 fully saturated rings. The Hall–Kier alpha value is -1.03. The molecule has 0 saturated heterocycles. The van der Waals surface area contributed by atoms with Gasteiger partial charge in [-0.3, -0.25) is 0 Å². The fourth-order valence-electron chi connectivity index (χ4n) is 0.951. The maximum absolute atomic E-state index is 4.95. The molecule has 0 aromatic carbocycles. The van der Waals surface area contributed by atoms with Crippen LogP contribution in [0.4, 0.5) is 5.95 Å². The predicted molar refractivity (Wildman–Crippen MR) is 40.7 cm³/mol. The zero-order valence-electron chi connectivity index (χ0n) is 5.24. The van der Waals surface area contributed by atoms with Gasteiger partial charge in [-0.15, -0.1) is 0 Å². The minimum absolute atomic E-state index is 0.762. The van der Waals surface area contributed by atoms with Crippen molar-refractivity contribution in [2.45, 2.75) is 6.54 Å². The molecule has 0 unspecified atom stereocenters. The average molecular weight is 152 g/mol. The third-order valence-electron chi connectivity index (χ3n) is 1.39. The van der Waals surface area contributed by atoms with Crippen molar-refractivity contribution in [3.05, 3.63) is 18.5 Å². The molecule has 0 bridgehead atoms. The quantitative estimate of drug-likeness (QED) is 0.423. The molecule has 10 heavy (non-hydrogen) atoms. The molecule has 1 N–H and O–H groups in total. The summed E-state index contributed by atoms with van der Waals surface area (Å²) in [5.41, 5.74) is 0. The van der Waals surface area contributed by atoms with Gasteiger partial charge in [0.1, 0.15) is 12.7 Å². The van der Waals surface area contributed by atoms with E-state index in [1.807, 2.05) is 16.8 Å². The van der Waals surface area contributed by atoms with Gasteiger partial charge in [0.15, 0.2) is 4.99 Å². The minimum atomic E-state index is 0.762.